The summed E-state index contributed by atoms with van der Waals surface area (Å²) in [6, 6.07) is 5.42. The van der Waals surface area contributed by atoms with Gasteiger partial charge in [-0.1, -0.05) is 6.07 Å². The van der Waals surface area contributed by atoms with Gasteiger partial charge in [-0.15, -0.1) is 0 Å². The molecule has 70 valence electrons. The summed E-state index contributed by atoms with van der Waals surface area (Å²) in [6.07, 6.45) is -4.23. The molecule has 0 bridgehead atoms. The largest absolute Gasteiger partial charge is 0.416 e. The van der Waals surface area contributed by atoms with Gasteiger partial charge in [0.2, 0.25) is 0 Å². The van der Waals surface area contributed by atoms with Crippen LogP contribution < -0.4 is 4.90 Å². The summed E-state index contributed by atoms with van der Waals surface area (Å²) in [4.78, 5) is 1.88. The van der Waals surface area contributed by atoms with E-state index in [4.69, 9.17) is 0 Å². The lowest BCUT2D eigenvalue weighted by Crippen LogP contribution is -2.05. The molecule has 0 aromatic heterocycles. The van der Waals surface area contributed by atoms with Crippen LogP contribution in [0.4, 0.5) is 18.9 Å². The van der Waals surface area contributed by atoms with Crippen LogP contribution in [0.2, 0.25) is 0 Å². The fourth-order valence-electron chi connectivity index (χ4n) is 1.19. The van der Waals surface area contributed by atoms with Crippen LogP contribution in [0.5, 0.6) is 0 Å². The second-order valence-corrected chi connectivity index (χ2v) is 3.04. The first-order valence-corrected chi connectivity index (χ1v) is 3.99. The van der Waals surface area contributed by atoms with Crippen molar-refractivity contribution in [3.05, 3.63) is 29.8 Å². The Morgan fingerprint density at radius 3 is 2.38 bits per heavy atom. The molecule has 0 saturated carbocycles. The topological polar surface area (TPSA) is 3.01 Å². The highest BCUT2D eigenvalue weighted by molar-refractivity contribution is 5.53. The van der Waals surface area contributed by atoms with Gasteiger partial charge >= 0.3 is 6.18 Å². The fraction of sp³-hybridized carbons (Fsp3) is 0.333. The Bertz CT molecular complexity index is 315. The van der Waals surface area contributed by atoms with Crippen LogP contribution in [0.1, 0.15) is 5.56 Å². The van der Waals surface area contributed by atoms with Gasteiger partial charge in [0.05, 0.1) is 5.56 Å². The molecule has 13 heavy (non-hydrogen) atoms. The normalized spacial score (nSPS) is 16.1. The Kier molecular flexibility index (Phi) is 1.71. The van der Waals surface area contributed by atoms with Crippen molar-refractivity contribution in [1.29, 1.82) is 0 Å². The molecule has 0 amide bonds. The number of benzene rings is 1. The fourth-order valence-corrected chi connectivity index (χ4v) is 1.19. The van der Waals surface area contributed by atoms with E-state index in [1.807, 2.05) is 4.90 Å². The van der Waals surface area contributed by atoms with Crippen LogP contribution in [-0.4, -0.2) is 13.1 Å². The van der Waals surface area contributed by atoms with E-state index in [0.29, 0.717) is 5.69 Å². The molecular formula is C9H8F3N. The highest BCUT2D eigenvalue weighted by atomic mass is 19.4. The summed E-state index contributed by atoms with van der Waals surface area (Å²) in [6.45, 7) is 1.72. The third-order valence-electron chi connectivity index (χ3n) is 1.99. The number of alkyl halides is 3. The molecule has 2 rings (SSSR count). The zero-order valence-corrected chi connectivity index (χ0v) is 6.80. The van der Waals surface area contributed by atoms with E-state index in [0.717, 1.165) is 19.2 Å². The van der Waals surface area contributed by atoms with Crippen LogP contribution >= 0.6 is 0 Å². The molecule has 0 radical (unpaired) electrons. The Morgan fingerprint density at radius 1 is 1.15 bits per heavy atom. The van der Waals surface area contributed by atoms with Gasteiger partial charge in [0, 0.05) is 18.8 Å². The van der Waals surface area contributed by atoms with E-state index in [1.54, 1.807) is 6.07 Å². The third kappa shape index (κ3) is 1.76. The van der Waals surface area contributed by atoms with Crippen molar-refractivity contribution in [2.45, 2.75) is 6.18 Å². The van der Waals surface area contributed by atoms with Gasteiger partial charge in [-0.25, -0.2) is 0 Å². The van der Waals surface area contributed by atoms with Gasteiger partial charge in [0.1, 0.15) is 0 Å². The number of hydrogen-bond acceptors (Lipinski definition) is 1. The molecule has 1 aliphatic heterocycles. The van der Waals surface area contributed by atoms with Crippen molar-refractivity contribution in [2.75, 3.05) is 18.0 Å². The number of anilines is 1. The van der Waals surface area contributed by atoms with Crippen molar-refractivity contribution >= 4 is 5.69 Å². The monoisotopic (exact) mass is 187 g/mol. The zero-order valence-electron chi connectivity index (χ0n) is 6.80. The maximum absolute atomic E-state index is 12.2. The molecule has 0 atom stereocenters. The maximum Gasteiger partial charge on any atom is 0.416 e. The molecule has 0 unspecified atom stereocenters. The number of halogens is 3. The summed E-state index contributed by atoms with van der Waals surface area (Å²) in [7, 11) is 0. The van der Waals surface area contributed by atoms with Crippen molar-refractivity contribution in [2.24, 2.45) is 0 Å². The molecule has 0 spiro atoms. The summed E-state index contributed by atoms with van der Waals surface area (Å²) in [5, 5.41) is 0. The average molecular weight is 187 g/mol. The second-order valence-electron chi connectivity index (χ2n) is 3.04. The Hall–Kier alpha value is -1.19. The Balaban J connectivity index is 2.32. The molecule has 0 aliphatic carbocycles. The molecule has 1 heterocycles. The van der Waals surface area contributed by atoms with Crippen LogP contribution in [0.3, 0.4) is 0 Å². The van der Waals surface area contributed by atoms with Gasteiger partial charge in [-0.3, -0.25) is 0 Å². The highest BCUT2D eigenvalue weighted by Gasteiger charge is 2.31. The molecule has 0 N–H and O–H groups in total. The lowest BCUT2D eigenvalue weighted by molar-refractivity contribution is -0.137. The van der Waals surface area contributed by atoms with Crippen LogP contribution in [0.15, 0.2) is 24.3 Å². The standard InChI is InChI=1S/C9H8F3N/c10-9(11,12)7-2-1-3-8(6-7)13-4-5-13/h1-3,6H,4-5H2. The lowest BCUT2D eigenvalue weighted by atomic mass is 10.2. The first-order valence-electron chi connectivity index (χ1n) is 3.99. The Labute approximate surface area is 73.8 Å². The SMILES string of the molecule is FC(F)(F)c1cccc(N2CC2)c1. The van der Waals surface area contributed by atoms with E-state index < -0.39 is 11.7 Å². The van der Waals surface area contributed by atoms with Crippen molar-refractivity contribution in [3.63, 3.8) is 0 Å². The molecule has 1 aromatic carbocycles. The van der Waals surface area contributed by atoms with E-state index >= 15 is 0 Å². The molecular weight excluding hydrogens is 179 g/mol. The first kappa shape index (κ1) is 8.41. The minimum atomic E-state index is -4.23. The summed E-state index contributed by atoms with van der Waals surface area (Å²) >= 11 is 0. The third-order valence-corrected chi connectivity index (χ3v) is 1.99. The van der Waals surface area contributed by atoms with Crippen molar-refractivity contribution in [1.82, 2.24) is 0 Å². The van der Waals surface area contributed by atoms with Crippen LogP contribution in [0, 0.1) is 0 Å². The average Bonchev–Trinajstić information content (AvgIpc) is 2.85. The van der Waals surface area contributed by atoms with E-state index in [1.165, 1.54) is 12.1 Å². The van der Waals surface area contributed by atoms with Crippen molar-refractivity contribution in [3.8, 4) is 0 Å². The summed E-state index contributed by atoms with van der Waals surface area (Å²) in [5.74, 6) is 0. The van der Waals surface area contributed by atoms with Crippen molar-refractivity contribution < 1.29 is 13.2 Å². The quantitative estimate of drug-likeness (QED) is 0.610. The lowest BCUT2D eigenvalue weighted by Gasteiger charge is -2.08. The molecule has 1 saturated heterocycles. The molecule has 1 fully saturated rings. The predicted molar refractivity (Wildman–Crippen MR) is 43.7 cm³/mol. The zero-order chi connectivity index (χ0) is 9.47. The smallest absolute Gasteiger partial charge is 0.368 e. The number of rotatable bonds is 1. The van der Waals surface area contributed by atoms with E-state index in [9.17, 15) is 13.2 Å². The number of nitrogens with zero attached hydrogens (tertiary/aromatic N) is 1. The van der Waals surface area contributed by atoms with Gasteiger partial charge in [-0.05, 0) is 18.2 Å². The Morgan fingerprint density at radius 2 is 1.85 bits per heavy atom. The predicted octanol–water partition coefficient (Wildman–Crippen LogP) is 2.53. The van der Waals surface area contributed by atoms with Gasteiger partial charge in [0.15, 0.2) is 0 Å². The molecule has 4 heteroatoms. The molecule has 1 nitrogen and oxygen atoms in total. The first-order chi connectivity index (χ1) is 6.07. The second kappa shape index (κ2) is 2.65. The van der Waals surface area contributed by atoms with Gasteiger partial charge < -0.3 is 4.90 Å². The minimum absolute atomic E-state index is 0.572. The van der Waals surface area contributed by atoms with E-state index in [-0.39, 0.29) is 0 Å². The summed E-state index contributed by atoms with van der Waals surface area (Å²) < 4.78 is 36.7. The highest BCUT2D eigenvalue weighted by Crippen LogP contribution is 2.32. The molecule has 1 aromatic rings. The van der Waals surface area contributed by atoms with Crippen LogP contribution in [0.25, 0.3) is 0 Å². The van der Waals surface area contributed by atoms with Crippen LogP contribution in [-0.2, 0) is 6.18 Å². The van der Waals surface area contributed by atoms with Gasteiger partial charge in [0.25, 0.3) is 0 Å². The summed E-state index contributed by atoms with van der Waals surface area (Å²) in [5.41, 5.74) is 0.0896. The maximum atomic E-state index is 12.2. The van der Waals surface area contributed by atoms with E-state index in [2.05, 4.69) is 0 Å². The van der Waals surface area contributed by atoms with Gasteiger partial charge in [-0.2, -0.15) is 13.2 Å². The molecule has 1 aliphatic rings. The number of hydrogen-bond donors (Lipinski definition) is 0. The minimum Gasteiger partial charge on any atom is -0.368 e.